The highest BCUT2D eigenvalue weighted by molar-refractivity contribution is 8.14. The molecule has 0 aromatic carbocycles. The normalized spacial score (nSPS) is 21.7. The van der Waals surface area contributed by atoms with Crippen molar-refractivity contribution in [3.63, 3.8) is 0 Å². The quantitative estimate of drug-likeness (QED) is 0.676. The molecule has 4 nitrogen and oxygen atoms in total. The molecule has 2 aliphatic heterocycles. The van der Waals surface area contributed by atoms with Gasteiger partial charge < -0.3 is 4.90 Å². The maximum atomic E-state index is 12.3. The lowest BCUT2D eigenvalue weighted by atomic mass is 10.1. The van der Waals surface area contributed by atoms with Crippen LogP contribution in [0, 0.1) is 0 Å². The number of carbonyl (C=O) groups excluding carboxylic acids is 1. The fraction of sp³-hybridized carbons (Fsp3) is 0.778. The van der Waals surface area contributed by atoms with Crippen LogP contribution in [0.5, 0.6) is 0 Å². The van der Waals surface area contributed by atoms with Crippen molar-refractivity contribution >= 4 is 22.8 Å². The third-order valence-corrected chi connectivity index (χ3v) is 3.59. The lowest BCUT2D eigenvalue weighted by molar-refractivity contribution is -0.0559. The van der Waals surface area contributed by atoms with Gasteiger partial charge >= 0.3 is 12.2 Å². The fourth-order valence-corrected chi connectivity index (χ4v) is 2.51. The van der Waals surface area contributed by atoms with Crippen molar-refractivity contribution in [1.82, 2.24) is 9.91 Å². The van der Waals surface area contributed by atoms with E-state index in [1.807, 2.05) is 0 Å². The predicted octanol–water partition coefficient (Wildman–Crippen LogP) is 2.47. The smallest absolute Gasteiger partial charge is 0.323 e. The summed E-state index contributed by atoms with van der Waals surface area (Å²) in [6.45, 7) is 1.22. The van der Waals surface area contributed by atoms with Gasteiger partial charge in [-0.05, 0) is 19.3 Å². The van der Waals surface area contributed by atoms with E-state index in [9.17, 15) is 18.0 Å². The van der Waals surface area contributed by atoms with Crippen molar-refractivity contribution < 1.29 is 18.0 Å². The van der Waals surface area contributed by atoms with E-state index < -0.39 is 17.3 Å². The number of thioether (sulfide) groups is 1. The number of nitrogens with zero attached hydrogens (tertiary/aromatic N) is 3. The summed E-state index contributed by atoms with van der Waals surface area (Å²) >= 11 is 0.553. The Morgan fingerprint density at radius 3 is 2.41 bits per heavy atom. The van der Waals surface area contributed by atoms with E-state index in [2.05, 4.69) is 5.10 Å². The molecule has 0 aromatic rings. The van der Waals surface area contributed by atoms with Crippen LogP contribution in [0.1, 0.15) is 19.3 Å². The van der Waals surface area contributed by atoms with Crippen molar-refractivity contribution in [2.24, 2.45) is 5.10 Å². The molecule has 17 heavy (non-hydrogen) atoms. The summed E-state index contributed by atoms with van der Waals surface area (Å²) in [7, 11) is 0. The van der Waals surface area contributed by atoms with Crippen LogP contribution in [-0.2, 0) is 0 Å². The van der Waals surface area contributed by atoms with E-state index in [1.165, 1.54) is 0 Å². The summed E-state index contributed by atoms with van der Waals surface area (Å²) in [5, 5.41) is 3.29. The second kappa shape index (κ2) is 4.75. The number of likely N-dealkylation sites (tertiary alicyclic amines) is 1. The van der Waals surface area contributed by atoms with Crippen LogP contribution in [0.4, 0.5) is 18.0 Å². The van der Waals surface area contributed by atoms with Crippen molar-refractivity contribution in [2.75, 3.05) is 19.0 Å². The number of halogens is 3. The average molecular weight is 267 g/mol. The third kappa shape index (κ3) is 2.85. The van der Waals surface area contributed by atoms with Crippen LogP contribution in [0.15, 0.2) is 5.10 Å². The molecule has 0 unspecified atom stereocenters. The molecular weight excluding hydrogens is 255 g/mol. The van der Waals surface area contributed by atoms with Gasteiger partial charge in [-0.3, -0.25) is 0 Å². The molecule has 2 heterocycles. The molecule has 0 N–H and O–H groups in total. The van der Waals surface area contributed by atoms with Crippen LogP contribution >= 0.6 is 11.8 Å². The first-order valence-electron chi connectivity index (χ1n) is 5.33. The minimum Gasteiger partial charge on any atom is -0.323 e. The van der Waals surface area contributed by atoms with Gasteiger partial charge in [-0.25, -0.2) is 9.80 Å². The van der Waals surface area contributed by atoms with Gasteiger partial charge in [0.05, 0.1) is 5.88 Å². The topological polar surface area (TPSA) is 35.9 Å². The number of hydrogen-bond acceptors (Lipinski definition) is 3. The number of amides is 2. The average Bonchev–Trinajstić information content (AvgIpc) is 2.78. The fourth-order valence-electron chi connectivity index (χ4n) is 1.77. The minimum atomic E-state index is -4.46. The second-order valence-electron chi connectivity index (χ2n) is 3.91. The monoisotopic (exact) mass is 267 g/mol. The highest BCUT2D eigenvalue weighted by atomic mass is 32.2. The zero-order valence-electron chi connectivity index (χ0n) is 9.03. The molecule has 0 atom stereocenters. The number of alkyl halides is 3. The first-order chi connectivity index (χ1) is 7.98. The number of rotatable bonds is 0. The zero-order chi connectivity index (χ0) is 12.5. The van der Waals surface area contributed by atoms with Gasteiger partial charge in [0.2, 0.25) is 0 Å². The van der Waals surface area contributed by atoms with Gasteiger partial charge in [0.1, 0.15) is 0 Å². The minimum absolute atomic E-state index is 0.0514. The Bertz CT molecular complexity index is 339. The molecule has 1 fully saturated rings. The van der Waals surface area contributed by atoms with E-state index in [1.54, 1.807) is 4.90 Å². The van der Waals surface area contributed by atoms with Crippen LogP contribution in [0.25, 0.3) is 0 Å². The maximum Gasteiger partial charge on any atom is 0.441 e. The van der Waals surface area contributed by atoms with Gasteiger partial charge in [-0.1, -0.05) is 11.8 Å². The summed E-state index contributed by atoms with van der Waals surface area (Å²) in [4.78, 5) is 13.4. The van der Waals surface area contributed by atoms with Gasteiger partial charge in [-0.15, -0.1) is 0 Å². The van der Waals surface area contributed by atoms with Gasteiger partial charge in [0.25, 0.3) is 0 Å². The Morgan fingerprint density at radius 2 is 1.88 bits per heavy atom. The van der Waals surface area contributed by atoms with E-state index >= 15 is 0 Å². The van der Waals surface area contributed by atoms with Crippen molar-refractivity contribution in [2.45, 2.75) is 25.4 Å². The molecular formula is C9H12F3N3OS. The molecule has 0 spiro atoms. The summed E-state index contributed by atoms with van der Waals surface area (Å²) in [5.41, 5.74) is 0. The summed E-state index contributed by atoms with van der Waals surface area (Å²) in [6.07, 6.45) is -1.58. The number of urea groups is 1. The number of carbonyl (C=O) groups is 1. The molecule has 8 heteroatoms. The second-order valence-corrected chi connectivity index (χ2v) is 4.84. The van der Waals surface area contributed by atoms with Crippen LogP contribution < -0.4 is 0 Å². The Balaban J connectivity index is 1.99. The van der Waals surface area contributed by atoms with E-state index in [0.29, 0.717) is 24.9 Å². The van der Waals surface area contributed by atoms with E-state index in [4.69, 9.17) is 0 Å². The van der Waals surface area contributed by atoms with Crippen molar-refractivity contribution in [3.8, 4) is 0 Å². The van der Waals surface area contributed by atoms with Crippen molar-refractivity contribution in [3.05, 3.63) is 0 Å². The Hall–Kier alpha value is -0.920. The molecule has 96 valence electrons. The molecule has 2 aliphatic rings. The lowest BCUT2D eigenvalue weighted by Crippen LogP contribution is -2.42. The molecule has 0 radical (unpaired) electrons. The summed E-state index contributed by atoms with van der Waals surface area (Å²) in [5.74, 6) is -0.0514. The Labute approximate surface area is 101 Å². The highest BCUT2D eigenvalue weighted by Crippen LogP contribution is 2.31. The molecule has 2 rings (SSSR count). The number of hydrazone groups is 1. The number of piperidine rings is 1. The van der Waals surface area contributed by atoms with Gasteiger partial charge in [0.15, 0.2) is 5.04 Å². The standard InChI is InChI=1S/C9H12F3N3OS/c10-9(11,12)7-13-15(6-17-7)8(16)14-4-2-1-3-5-14/h1-6H2. The summed E-state index contributed by atoms with van der Waals surface area (Å²) in [6, 6.07) is -0.420. The molecule has 0 aromatic heterocycles. The van der Waals surface area contributed by atoms with Crippen LogP contribution in [-0.4, -0.2) is 46.1 Å². The molecule has 0 bridgehead atoms. The molecule has 0 saturated carbocycles. The molecule has 0 aliphatic carbocycles. The number of hydrogen-bond donors (Lipinski definition) is 0. The molecule has 1 saturated heterocycles. The maximum absolute atomic E-state index is 12.3. The lowest BCUT2D eigenvalue weighted by Gasteiger charge is -2.28. The summed E-state index contributed by atoms with van der Waals surface area (Å²) < 4.78 is 37.0. The van der Waals surface area contributed by atoms with Crippen molar-refractivity contribution in [1.29, 1.82) is 0 Å². The predicted molar refractivity (Wildman–Crippen MR) is 58.6 cm³/mol. The van der Waals surface area contributed by atoms with E-state index in [0.717, 1.165) is 24.3 Å². The Morgan fingerprint density at radius 1 is 1.24 bits per heavy atom. The largest absolute Gasteiger partial charge is 0.441 e. The van der Waals surface area contributed by atoms with Crippen LogP contribution in [0.2, 0.25) is 0 Å². The van der Waals surface area contributed by atoms with Gasteiger partial charge in [-0.2, -0.15) is 18.3 Å². The van der Waals surface area contributed by atoms with Crippen LogP contribution in [0.3, 0.4) is 0 Å². The first kappa shape index (κ1) is 12.5. The molecule has 2 amide bonds. The zero-order valence-corrected chi connectivity index (χ0v) is 9.85. The van der Waals surface area contributed by atoms with E-state index in [-0.39, 0.29) is 5.88 Å². The SMILES string of the molecule is O=C(N1CCCCC1)N1CSC(C(F)(F)F)=N1. The third-order valence-electron chi connectivity index (χ3n) is 2.62. The highest BCUT2D eigenvalue weighted by Gasteiger charge is 2.41. The Kier molecular flexibility index (Phi) is 3.50. The first-order valence-corrected chi connectivity index (χ1v) is 6.32. The van der Waals surface area contributed by atoms with Gasteiger partial charge in [0, 0.05) is 13.1 Å².